The normalized spacial score (nSPS) is 19.7. The highest BCUT2D eigenvalue weighted by atomic mass is 32.2. The van der Waals surface area contributed by atoms with Crippen molar-refractivity contribution in [3.05, 3.63) is 29.8 Å². The number of nitrogens with two attached hydrogens (primary N) is 1. The third kappa shape index (κ3) is 4.29. The molecule has 1 saturated heterocycles. The van der Waals surface area contributed by atoms with E-state index in [2.05, 4.69) is 5.32 Å². The van der Waals surface area contributed by atoms with E-state index >= 15 is 0 Å². The molecule has 1 aromatic carbocycles. The lowest BCUT2D eigenvalue weighted by Crippen LogP contribution is -2.41. The van der Waals surface area contributed by atoms with Gasteiger partial charge in [0, 0.05) is 25.2 Å². The summed E-state index contributed by atoms with van der Waals surface area (Å²) in [7, 11) is -3.68. The Kier molecular flexibility index (Phi) is 5.06. The van der Waals surface area contributed by atoms with Crippen LogP contribution in [0.2, 0.25) is 0 Å². The van der Waals surface area contributed by atoms with Crippen molar-refractivity contribution < 1.29 is 18.0 Å². The topological polar surface area (TPSA) is 110 Å². The van der Waals surface area contributed by atoms with Crippen LogP contribution in [0.4, 0.5) is 5.69 Å². The Hall–Kier alpha value is -1.93. The number of benzene rings is 1. The summed E-state index contributed by atoms with van der Waals surface area (Å²) in [5, 5.41) is 6.70. The first-order valence-corrected chi connectivity index (χ1v) is 8.96. The number of nitrogens with zero attached hydrogens (tertiary/aromatic N) is 1. The number of primary sulfonamides is 1. The molecule has 0 bridgehead atoms. The molecule has 126 valence electrons. The van der Waals surface area contributed by atoms with E-state index in [4.69, 9.17) is 5.14 Å². The second kappa shape index (κ2) is 6.67. The van der Waals surface area contributed by atoms with Gasteiger partial charge >= 0.3 is 0 Å². The number of nitrogens with one attached hydrogen (secondary N) is 1. The molecule has 0 aromatic heterocycles. The first kappa shape index (κ1) is 17.4. The Morgan fingerprint density at radius 2 is 2.00 bits per heavy atom. The molecular weight excluding hydrogens is 318 g/mol. The molecule has 0 unspecified atom stereocenters. The lowest BCUT2D eigenvalue weighted by Gasteiger charge is -2.17. The zero-order valence-corrected chi connectivity index (χ0v) is 14.0. The SMILES string of the molecule is Cc1ccc(N2C[C@H](C(=O)NC[C@@H](C)S(N)(=O)=O)CC2=O)cc1. The quantitative estimate of drug-likeness (QED) is 0.795. The minimum absolute atomic E-state index is 0.0626. The number of sulfonamides is 1. The molecule has 1 aromatic rings. The molecule has 1 heterocycles. The van der Waals surface area contributed by atoms with E-state index in [9.17, 15) is 18.0 Å². The minimum atomic E-state index is -3.68. The van der Waals surface area contributed by atoms with Crippen LogP contribution < -0.4 is 15.4 Å². The molecular formula is C15H21N3O4S. The highest BCUT2D eigenvalue weighted by Gasteiger charge is 2.35. The molecule has 2 atom stereocenters. The van der Waals surface area contributed by atoms with E-state index in [-0.39, 0.29) is 31.3 Å². The van der Waals surface area contributed by atoms with Gasteiger partial charge in [-0.25, -0.2) is 13.6 Å². The Labute approximate surface area is 135 Å². The van der Waals surface area contributed by atoms with E-state index in [0.29, 0.717) is 0 Å². The van der Waals surface area contributed by atoms with Crippen molar-refractivity contribution >= 4 is 27.5 Å². The molecule has 23 heavy (non-hydrogen) atoms. The summed E-state index contributed by atoms with van der Waals surface area (Å²) in [6, 6.07) is 7.50. The lowest BCUT2D eigenvalue weighted by atomic mass is 10.1. The van der Waals surface area contributed by atoms with Gasteiger partial charge in [-0.05, 0) is 26.0 Å². The molecule has 3 N–H and O–H groups in total. The highest BCUT2D eigenvalue weighted by molar-refractivity contribution is 7.89. The van der Waals surface area contributed by atoms with Gasteiger partial charge in [0.25, 0.3) is 0 Å². The summed E-state index contributed by atoms with van der Waals surface area (Å²) in [4.78, 5) is 25.8. The van der Waals surface area contributed by atoms with Gasteiger partial charge in [0.1, 0.15) is 0 Å². The molecule has 7 nitrogen and oxygen atoms in total. The molecule has 2 amide bonds. The fourth-order valence-electron chi connectivity index (χ4n) is 2.36. The van der Waals surface area contributed by atoms with Gasteiger partial charge in [-0.15, -0.1) is 0 Å². The van der Waals surface area contributed by atoms with Gasteiger partial charge < -0.3 is 10.2 Å². The van der Waals surface area contributed by atoms with Gasteiger partial charge in [0.15, 0.2) is 0 Å². The van der Waals surface area contributed by atoms with Crippen molar-refractivity contribution in [2.24, 2.45) is 11.1 Å². The standard InChI is InChI=1S/C15H21N3O4S/c1-10-3-5-13(6-4-10)18-9-12(7-14(18)19)15(20)17-8-11(2)23(16,21)22/h3-6,11-12H,7-9H2,1-2H3,(H,17,20)(H2,16,21,22)/t11-,12-/m1/s1. The van der Waals surface area contributed by atoms with Crippen LogP contribution in [0.1, 0.15) is 18.9 Å². The molecule has 8 heteroatoms. The second-order valence-electron chi connectivity index (χ2n) is 5.89. The summed E-state index contributed by atoms with van der Waals surface area (Å²) < 4.78 is 22.3. The van der Waals surface area contributed by atoms with E-state index in [1.165, 1.54) is 6.92 Å². The number of carbonyl (C=O) groups is 2. The summed E-state index contributed by atoms with van der Waals surface area (Å²) in [5.41, 5.74) is 1.85. The Balaban J connectivity index is 1.96. The van der Waals surface area contributed by atoms with Crippen LogP contribution in [0, 0.1) is 12.8 Å². The Bertz CT molecular complexity index is 700. The first-order valence-electron chi connectivity index (χ1n) is 7.35. The molecule has 1 aliphatic rings. The van der Waals surface area contributed by atoms with Crippen molar-refractivity contribution in [1.29, 1.82) is 0 Å². The molecule has 1 aliphatic heterocycles. The van der Waals surface area contributed by atoms with Crippen LogP contribution in [0.5, 0.6) is 0 Å². The van der Waals surface area contributed by atoms with Crippen LogP contribution in [-0.2, 0) is 19.6 Å². The van der Waals surface area contributed by atoms with Crippen LogP contribution in [-0.4, -0.2) is 38.6 Å². The summed E-state index contributed by atoms with van der Waals surface area (Å²) in [6.45, 7) is 3.61. The van der Waals surface area contributed by atoms with Crippen molar-refractivity contribution in [1.82, 2.24) is 5.32 Å². The first-order chi connectivity index (χ1) is 10.7. The van der Waals surface area contributed by atoms with Gasteiger partial charge in [0.2, 0.25) is 21.8 Å². The van der Waals surface area contributed by atoms with Crippen LogP contribution in [0.25, 0.3) is 0 Å². The average molecular weight is 339 g/mol. The van der Waals surface area contributed by atoms with Crippen molar-refractivity contribution in [3.8, 4) is 0 Å². The minimum Gasteiger partial charge on any atom is -0.354 e. The fraction of sp³-hybridized carbons (Fsp3) is 0.467. The van der Waals surface area contributed by atoms with Crippen molar-refractivity contribution in [2.45, 2.75) is 25.5 Å². The zero-order chi connectivity index (χ0) is 17.2. The van der Waals surface area contributed by atoms with Gasteiger partial charge in [-0.1, -0.05) is 17.7 Å². The zero-order valence-electron chi connectivity index (χ0n) is 13.2. The molecule has 0 saturated carbocycles. The van der Waals surface area contributed by atoms with Gasteiger partial charge in [0.05, 0.1) is 11.2 Å². The maximum atomic E-state index is 12.1. The maximum Gasteiger partial charge on any atom is 0.227 e. The number of hydrogen-bond donors (Lipinski definition) is 2. The molecule has 1 fully saturated rings. The third-order valence-electron chi connectivity index (χ3n) is 3.97. The van der Waals surface area contributed by atoms with E-state index in [1.54, 1.807) is 4.90 Å². The predicted molar refractivity (Wildman–Crippen MR) is 87.2 cm³/mol. The molecule has 0 spiro atoms. The van der Waals surface area contributed by atoms with Gasteiger partial charge in [-0.3, -0.25) is 9.59 Å². The summed E-state index contributed by atoms with van der Waals surface area (Å²) in [6.07, 6.45) is 0.115. The van der Waals surface area contributed by atoms with Crippen LogP contribution >= 0.6 is 0 Å². The molecule has 0 radical (unpaired) electrons. The fourth-order valence-corrected chi connectivity index (χ4v) is 2.68. The van der Waals surface area contributed by atoms with E-state index in [0.717, 1.165) is 11.3 Å². The molecule has 2 rings (SSSR count). The van der Waals surface area contributed by atoms with Crippen molar-refractivity contribution in [3.63, 3.8) is 0 Å². The monoisotopic (exact) mass is 339 g/mol. The van der Waals surface area contributed by atoms with Gasteiger partial charge in [-0.2, -0.15) is 0 Å². The Morgan fingerprint density at radius 3 is 2.57 bits per heavy atom. The highest BCUT2D eigenvalue weighted by Crippen LogP contribution is 2.25. The van der Waals surface area contributed by atoms with Crippen molar-refractivity contribution in [2.75, 3.05) is 18.0 Å². The largest absolute Gasteiger partial charge is 0.354 e. The smallest absolute Gasteiger partial charge is 0.227 e. The lowest BCUT2D eigenvalue weighted by molar-refractivity contribution is -0.126. The van der Waals surface area contributed by atoms with E-state index in [1.807, 2.05) is 31.2 Å². The second-order valence-corrected chi connectivity index (χ2v) is 7.87. The number of anilines is 1. The average Bonchev–Trinajstić information content (AvgIpc) is 2.86. The predicted octanol–water partition coefficient (Wildman–Crippen LogP) is 0.141. The number of rotatable bonds is 5. The third-order valence-corrected chi connectivity index (χ3v) is 5.25. The Morgan fingerprint density at radius 1 is 1.39 bits per heavy atom. The number of carbonyl (C=O) groups excluding carboxylic acids is 2. The number of aryl methyl sites for hydroxylation is 1. The summed E-state index contributed by atoms with van der Waals surface area (Å²) in [5.74, 6) is -0.937. The molecule has 0 aliphatic carbocycles. The van der Waals surface area contributed by atoms with Crippen LogP contribution in [0.3, 0.4) is 0 Å². The van der Waals surface area contributed by atoms with Crippen LogP contribution in [0.15, 0.2) is 24.3 Å². The maximum absolute atomic E-state index is 12.1. The number of amides is 2. The van der Waals surface area contributed by atoms with E-state index < -0.39 is 21.2 Å². The summed E-state index contributed by atoms with van der Waals surface area (Å²) >= 11 is 0. The number of hydrogen-bond acceptors (Lipinski definition) is 4.